The molecule has 2 aromatic carbocycles. The van der Waals surface area contributed by atoms with Crippen LogP contribution < -0.4 is 4.74 Å². The summed E-state index contributed by atoms with van der Waals surface area (Å²) in [6.45, 7) is 9.75. The van der Waals surface area contributed by atoms with Crippen molar-refractivity contribution in [2.24, 2.45) is 0 Å². The molecule has 0 aliphatic carbocycles. The minimum Gasteiger partial charge on any atom is -0.508 e. The van der Waals surface area contributed by atoms with E-state index < -0.39 is 6.29 Å². The predicted octanol–water partition coefficient (Wildman–Crippen LogP) is 6.50. The van der Waals surface area contributed by atoms with Crippen LogP contribution in [0.5, 0.6) is 11.5 Å². The number of ether oxygens (including phenoxy) is 6. The quantitative estimate of drug-likeness (QED) is 0.108. The van der Waals surface area contributed by atoms with Gasteiger partial charge in [-0.2, -0.15) is 0 Å². The van der Waals surface area contributed by atoms with Crippen molar-refractivity contribution in [3.8, 4) is 23.3 Å². The molecule has 0 saturated carbocycles. The molecule has 260 valence electrons. The van der Waals surface area contributed by atoms with Crippen molar-refractivity contribution in [2.45, 2.75) is 84.2 Å². The van der Waals surface area contributed by atoms with Gasteiger partial charge in [-0.05, 0) is 81.8 Å². The molecule has 0 amide bonds. The molecular formula is C37H47NO10. The number of carbonyl (C=O) groups excluding carboxylic acids is 2. The number of rotatable bonds is 15. The molecule has 0 radical (unpaired) electrons. The number of nitrogens with zero attached hydrogens (tertiary/aromatic N) is 1. The third-order valence-electron chi connectivity index (χ3n) is 7.15. The van der Waals surface area contributed by atoms with Gasteiger partial charge >= 0.3 is 11.9 Å². The standard InChI is InChI=1S/C23H32O6.C14H15NO4/c1-4-25-21(24)17-19(12-15-22(26-5-2)27-6-3)18-10-13-20(14-11-18)29-23-9-7-8-16-28-23;1-2-18-14(17)9-12(13-7-8-15-19-13)10-3-5-11(16)6-4-10/h10-11,13-14,19,22-23H,4-9,16-17H2,1-3H3;3-8,12,16H,2,9H2,1H3. The number of aromatic nitrogens is 1. The summed E-state index contributed by atoms with van der Waals surface area (Å²) in [6, 6.07) is 16.0. The molecule has 3 unspecified atom stereocenters. The monoisotopic (exact) mass is 665 g/mol. The minimum absolute atomic E-state index is 0.164. The molecule has 1 aliphatic rings. The summed E-state index contributed by atoms with van der Waals surface area (Å²) in [4.78, 5) is 23.7. The molecule has 1 aromatic heterocycles. The first-order valence-corrected chi connectivity index (χ1v) is 16.5. The van der Waals surface area contributed by atoms with Crippen LogP contribution in [0, 0.1) is 11.8 Å². The number of aromatic hydroxyl groups is 1. The molecular weight excluding hydrogens is 618 g/mol. The average Bonchev–Trinajstić information content (AvgIpc) is 3.63. The zero-order valence-corrected chi connectivity index (χ0v) is 28.2. The van der Waals surface area contributed by atoms with E-state index in [4.69, 9.17) is 32.9 Å². The van der Waals surface area contributed by atoms with Gasteiger partial charge in [-0.15, -0.1) is 0 Å². The topological polar surface area (TPSA) is 136 Å². The second kappa shape index (κ2) is 21.5. The molecule has 0 spiro atoms. The first-order valence-electron chi connectivity index (χ1n) is 16.5. The van der Waals surface area contributed by atoms with Crippen molar-refractivity contribution in [3.63, 3.8) is 0 Å². The fourth-order valence-corrected chi connectivity index (χ4v) is 4.86. The van der Waals surface area contributed by atoms with Crippen molar-refractivity contribution >= 4 is 11.9 Å². The van der Waals surface area contributed by atoms with E-state index >= 15 is 0 Å². The maximum atomic E-state index is 12.1. The number of hydrogen-bond acceptors (Lipinski definition) is 11. The SMILES string of the molecule is CCOC(=O)CC(C#CC(OCC)OCC)c1ccc(OC2CCCCO2)cc1.CCOC(=O)CC(c1ccc(O)cc1)c1ccno1. The fourth-order valence-electron chi connectivity index (χ4n) is 4.86. The molecule has 1 N–H and O–H groups in total. The van der Waals surface area contributed by atoms with E-state index in [1.807, 2.05) is 38.1 Å². The summed E-state index contributed by atoms with van der Waals surface area (Å²) < 4.78 is 37.7. The molecule has 3 aromatic rings. The lowest BCUT2D eigenvalue weighted by molar-refractivity contribution is -0.144. The van der Waals surface area contributed by atoms with Crippen LogP contribution >= 0.6 is 0 Å². The van der Waals surface area contributed by atoms with Crippen LogP contribution in [0.3, 0.4) is 0 Å². The third-order valence-corrected chi connectivity index (χ3v) is 7.15. The molecule has 11 nitrogen and oxygen atoms in total. The van der Waals surface area contributed by atoms with Crippen LogP contribution in [0.15, 0.2) is 65.3 Å². The second-order valence-corrected chi connectivity index (χ2v) is 10.6. The lowest BCUT2D eigenvalue weighted by Gasteiger charge is -2.23. The number of phenolic OH excluding ortho intramolecular Hbond substituents is 1. The summed E-state index contributed by atoms with van der Waals surface area (Å²) in [5, 5.41) is 13.0. The van der Waals surface area contributed by atoms with Crippen molar-refractivity contribution in [1.29, 1.82) is 0 Å². The van der Waals surface area contributed by atoms with Crippen LogP contribution in [0.1, 0.15) is 88.5 Å². The van der Waals surface area contributed by atoms with E-state index in [2.05, 4.69) is 17.0 Å². The second-order valence-electron chi connectivity index (χ2n) is 10.6. The summed E-state index contributed by atoms with van der Waals surface area (Å²) in [5.74, 6) is 6.47. The van der Waals surface area contributed by atoms with Gasteiger partial charge in [0.1, 0.15) is 17.3 Å². The normalized spacial score (nSPS) is 15.2. The molecule has 3 atom stereocenters. The minimum atomic E-state index is -0.610. The molecule has 2 heterocycles. The van der Waals surface area contributed by atoms with E-state index in [0.29, 0.717) is 32.2 Å². The Kier molecular flexibility index (Phi) is 17.1. The fraction of sp³-hybridized carbons (Fsp3) is 0.486. The molecule has 48 heavy (non-hydrogen) atoms. The number of benzene rings is 2. The van der Waals surface area contributed by atoms with E-state index in [0.717, 1.165) is 42.7 Å². The van der Waals surface area contributed by atoms with Crippen LogP contribution in [0.25, 0.3) is 0 Å². The highest BCUT2D eigenvalue weighted by Crippen LogP contribution is 2.29. The Hall–Kier alpha value is -4.37. The van der Waals surface area contributed by atoms with E-state index in [9.17, 15) is 14.7 Å². The van der Waals surface area contributed by atoms with Gasteiger partial charge in [-0.3, -0.25) is 9.59 Å². The predicted molar refractivity (Wildman–Crippen MR) is 177 cm³/mol. The number of hydrogen-bond donors (Lipinski definition) is 1. The lowest BCUT2D eigenvalue weighted by Crippen LogP contribution is -2.24. The van der Waals surface area contributed by atoms with Crippen LogP contribution in [0.2, 0.25) is 0 Å². The van der Waals surface area contributed by atoms with Crippen LogP contribution in [-0.4, -0.2) is 67.8 Å². The molecule has 4 rings (SSSR count). The van der Waals surface area contributed by atoms with Crippen molar-refractivity contribution in [2.75, 3.05) is 33.0 Å². The molecule has 0 bridgehead atoms. The highest BCUT2D eigenvalue weighted by molar-refractivity contribution is 5.71. The Morgan fingerprint density at radius 3 is 2.04 bits per heavy atom. The Bertz CT molecular complexity index is 1380. The van der Waals surface area contributed by atoms with Crippen molar-refractivity contribution in [1.82, 2.24) is 5.16 Å². The van der Waals surface area contributed by atoms with Gasteiger partial charge in [-0.25, -0.2) is 0 Å². The Morgan fingerprint density at radius 2 is 1.48 bits per heavy atom. The maximum Gasteiger partial charge on any atom is 0.307 e. The first kappa shape index (κ1) is 38.1. The van der Waals surface area contributed by atoms with E-state index in [-0.39, 0.29) is 48.7 Å². The third kappa shape index (κ3) is 13.4. The van der Waals surface area contributed by atoms with E-state index in [1.165, 1.54) is 6.20 Å². The molecule has 11 heteroatoms. The van der Waals surface area contributed by atoms with Gasteiger partial charge in [0, 0.05) is 25.7 Å². The van der Waals surface area contributed by atoms with Crippen LogP contribution in [0.4, 0.5) is 0 Å². The van der Waals surface area contributed by atoms with Gasteiger partial charge in [0.25, 0.3) is 0 Å². The Balaban J connectivity index is 0.000000284. The molecule has 1 saturated heterocycles. The summed E-state index contributed by atoms with van der Waals surface area (Å²) in [5.41, 5.74) is 1.77. The summed E-state index contributed by atoms with van der Waals surface area (Å²) in [6.07, 6.45) is 4.16. The van der Waals surface area contributed by atoms with Gasteiger partial charge in [0.05, 0.1) is 50.7 Å². The number of carbonyl (C=O) groups is 2. The first-order chi connectivity index (χ1) is 23.4. The smallest absolute Gasteiger partial charge is 0.307 e. The Labute approximate surface area is 282 Å². The van der Waals surface area contributed by atoms with Crippen molar-refractivity contribution in [3.05, 3.63) is 77.7 Å². The van der Waals surface area contributed by atoms with Gasteiger partial charge in [-0.1, -0.05) is 35.3 Å². The van der Waals surface area contributed by atoms with Gasteiger partial charge in [0.15, 0.2) is 6.29 Å². The van der Waals surface area contributed by atoms with Gasteiger partial charge < -0.3 is 38.1 Å². The zero-order chi connectivity index (χ0) is 34.6. The largest absolute Gasteiger partial charge is 0.508 e. The maximum absolute atomic E-state index is 12.1. The van der Waals surface area contributed by atoms with Gasteiger partial charge in [0.2, 0.25) is 6.29 Å². The highest BCUT2D eigenvalue weighted by atomic mass is 16.7. The Morgan fingerprint density at radius 1 is 0.833 bits per heavy atom. The summed E-state index contributed by atoms with van der Waals surface area (Å²) >= 11 is 0. The number of esters is 2. The highest BCUT2D eigenvalue weighted by Gasteiger charge is 2.22. The average molecular weight is 666 g/mol. The van der Waals surface area contributed by atoms with Crippen LogP contribution in [-0.2, 0) is 33.3 Å². The van der Waals surface area contributed by atoms with E-state index in [1.54, 1.807) is 44.2 Å². The lowest BCUT2D eigenvalue weighted by atomic mass is 9.93. The zero-order valence-electron chi connectivity index (χ0n) is 28.2. The molecule has 1 aliphatic heterocycles. The van der Waals surface area contributed by atoms with Crippen molar-refractivity contribution < 1.29 is 47.6 Å². The summed E-state index contributed by atoms with van der Waals surface area (Å²) in [7, 11) is 0. The number of phenols is 1. The molecule has 1 fully saturated rings.